The Bertz CT molecular complexity index is 1420. The number of halogens is 1. The van der Waals surface area contributed by atoms with Gasteiger partial charge in [0.05, 0.1) is 36.4 Å². The fraction of sp³-hybridized carbons (Fsp3) is 0.300. The van der Waals surface area contributed by atoms with Crippen LogP contribution in [0.15, 0.2) is 77.9 Å². The Balaban J connectivity index is 1.16. The summed E-state index contributed by atoms with van der Waals surface area (Å²) in [7, 11) is 1.63. The molecular formula is C30H30FN5O2. The molecule has 0 aliphatic carbocycles. The van der Waals surface area contributed by atoms with Crippen molar-refractivity contribution in [3.8, 4) is 5.75 Å². The van der Waals surface area contributed by atoms with E-state index in [2.05, 4.69) is 9.88 Å². The van der Waals surface area contributed by atoms with Gasteiger partial charge in [-0.2, -0.15) is 5.10 Å². The molecule has 1 atom stereocenters. The smallest absolute Gasteiger partial charge is 0.257 e. The van der Waals surface area contributed by atoms with Gasteiger partial charge in [-0.1, -0.05) is 24.3 Å². The van der Waals surface area contributed by atoms with Crippen LogP contribution in [0.3, 0.4) is 0 Å². The van der Waals surface area contributed by atoms with E-state index >= 15 is 0 Å². The molecule has 2 aliphatic rings. The summed E-state index contributed by atoms with van der Waals surface area (Å²) in [6.07, 6.45) is 2.45. The molecule has 4 aromatic rings. The molecule has 3 aromatic carbocycles. The topological polar surface area (TPSA) is 73.8 Å². The van der Waals surface area contributed by atoms with Crippen molar-refractivity contribution in [1.29, 1.82) is 0 Å². The van der Waals surface area contributed by atoms with Crippen LogP contribution in [0.2, 0.25) is 0 Å². The van der Waals surface area contributed by atoms with Crippen LogP contribution in [0.25, 0.3) is 11.0 Å². The highest BCUT2D eigenvalue weighted by Crippen LogP contribution is 2.34. The fourth-order valence-corrected chi connectivity index (χ4v) is 5.44. The van der Waals surface area contributed by atoms with E-state index in [-0.39, 0.29) is 17.8 Å². The van der Waals surface area contributed by atoms with E-state index < -0.39 is 0 Å². The summed E-state index contributed by atoms with van der Waals surface area (Å²) in [6, 6.07) is 21.9. The number of hydrogen-bond donors (Lipinski definition) is 1. The number of rotatable bonds is 6. The largest absolute Gasteiger partial charge is 0.497 e. The second-order valence-corrected chi connectivity index (χ2v) is 9.97. The second kappa shape index (κ2) is 10.4. The molecule has 1 unspecified atom stereocenters. The number of carbonyl (C=O) groups is 1. The van der Waals surface area contributed by atoms with Crippen LogP contribution in [-0.2, 0) is 4.79 Å². The number of H-pyrrole nitrogens is 1. The highest BCUT2D eigenvalue weighted by atomic mass is 19.1. The molecule has 38 heavy (non-hydrogen) atoms. The molecule has 1 aromatic heterocycles. The number of para-hydroxylation sites is 2. The number of methoxy groups -OCH3 is 1. The third kappa shape index (κ3) is 4.91. The van der Waals surface area contributed by atoms with Gasteiger partial charge in [-0.3, -0.25) is 9.69 Å². The zero-order valence-electron chi connectivity index (χ0n) is 21.3. The van der Waals surface area contributed by atoms with Gasteiger partial charge in [-0.05, 0) is 85.6 Å². The van der Waals surface area contributed by atoms with Crippen molar-refractivity contribution in [1.82, 2.24) is 19.9 Å². The molecule has 2 aliphatic heterocycles. The SMILES string of the molecule is COc1ccc(C2=NN(C(=O)CN3CCC(c4nc5ccccc5[nH]4)CC3)C(c3ccc(F)cc3)C2)cc1. The zero-order chi connectivity index (χ0) is 26.1. The summed E-state index contributed by atoms with van der Waals surface area (Å²) in [4.78, 5) is 24.0. The lowest BCUT2D eigenvalue weighted by Gasteiger charge is -2.32. The van der Waals surface area contributed by atoms with Gasteiger partial charge in [0.2, 0.25) is 0 Å². The van der Waals surface area contributed by atoms with Crippen molar-refractivity contribution in [2.75, 3.05) is 26.7 Å². The van der Waals surface area contributed by atoms with Gasteiger partial charge in [0.1, 0.15) is 17.4 Å². The summed E-state index contributed by atoms with van der Waals surface area (Å²) >= 11 is 0. The number of imidazole rings is 1. The van der Waals surface area contributed by atoms with Crippen LogP contribution in [0.5, 0.6) is 5.75 Å². The maximum absolute atomic E-state index is 13.6. The Morgan fingerprint density at radius 2 is 1.76 bits per heavy atom. The predicted molar refractivity (Wildman–Crippen MR) is 145 cm³/mol. The number of hydrogen-bond acceptors (Lipinski definition) is 5. The second-order valence-electron chi connectivity index (χ2n) is 9.97. The van der Waals surface area contributed by atoms with Gasteiger partial charge in [0.15, 0.2) is 0 Å². The molecule has 1 fully saturated rings. The summed E-state index contributed by atoms with van der Waals surface area (Å²) in [5.74, 6) is 1.80. The number of nitrogens with one attached hydrogen (secondary N) is 1. The van der Waals surface area contributed by atoms with Gasteiger partial charge in [0, 0.05) is 12.3 Å². The first-order valence-electron chi connectivity index (χ1n) is 13.0. The number of fused-ring (bicyclic) bond motifs is 1. The average molecular weight is 512 g/mol. The van der Waals surface area contributed by atoms with E-state index in [4.69, 9.17) is 14.8 Å². The number of amides is 1. The predicted octanol–water partition coefficient (Wildman–Crippen LogP) is 5.27. The molecule has 0 spiro atoms. The summed E-state index contributed by atoms with van der Waals surface area (Å²) < 4.78 is 18.9. The monoisotopic (exact) mass is 511 g/mol. The normalized spacial score (nSPS) is 18.6. The van der Waals surface area contributed by atoms with Crippen LogP contribution in [0, 0.1) is 5.82 Å². The molecule has 1 N–H and O–H groups in total. The molecule has 8 heteroatoms. The summed E-state index contributed by atoms with van der Waals surface area (Å²) in [6.45, 7) is 1.93. The van der Waals surface area contributed by atoms with Crippen LogP contribution in [-0.4, -0.2) is 58.2 Å². The lowest BCUT2D eigenvalue weighted by atomic mass is 9.96. The summed E-state index contributed by atoms with van der Waals surface area (Å²) in [5, 5.41) is 6.37. The molecule has 6 rings (SSSR count). The van der Waals surface area contributed by atoms with E-state index in [0.717, 1.165) is 65.4 Å². The van der Waals surface area contributed by atoms with Crippen LogP contribution >= 0.6 is 0 Å². The van der Waals surface area contributed by atoms with E-state index in [1.807, 2.05) is 48.5 Å². The van der Waals surface area contributed by atoms with Gasteiger partial charge in [-0.25, -0.2) is 14.4 Å². The first-order valence-corrected chi connectivity index (χ1v) is 13.0. The minimum absolute atomic E-state index is 0.0509. The maximum atomic E-state index is 13.6. The number of nitrogens with zero attached hydrogens (tertiary/aromatic N) is 4. The molecule has 1 amide bonds. The Morgan fingerprint density at radius 3 is 2.47 bits per heavy atom. The fourth-order valence-electron chi connectivity index (χ4n) is 5.44. The van der Waals surface area contributed by atoms with Crippen molar-refractivity contribution in [3.63, 3.8) is 0 Å². The third-order valence-corrected chi connectivity index (χ3v) is 7.58. The number of aromatic amines is 1. The number of aromatic nitrogens is 2. The van der Waals surface area contributed by atoms with E-state index in [9.17, 15) is 9.18 Å². The number of likely N-dealkylation sites (tertiary alicyclic amines) is 1. The Labute approximate surface area is 220 Å². The number of benzene rings is 3. The minimum Gasteiger partial charge on any atom is -0.497 e. The van der Waals surface area contributed by atoms with Crippen molar-refractivity contribution in [2.24, 2.45) is 5.10 Å². The van der Waals surface area contributed by atoms with Gasteiger partial charge >= 0.3 is 0 Å². The maximum Gasteiger partial charge on any atom is 0.257 e. The quantitative estimate of drug-likeness (QED) is 0.383. The number of carbonyl (C=O) groups excluding carboxylic acids is 1. The lowest BCUT2D eigenvalue weighted by Crippen LogP contribution is -2.41. The molecule has 0 bridgehead atoms. The standard InChI is InChI=1S/C30H30FN5O2/c1-38-24-12-8-20(9-13-24)27-18-28(21-6-10-23(31)11-7-21)36(34-27)29(37)19-35-16-14-22(15-17-35)30-32-25-4-2-3-5-26(25)33-30/h2-13,22,28H,14-19H2,1H3,(H,32,33). The highest BCUT2D eigenvalue weighted by molar-refractivity contribution is 6.03. The molecule has 0 radical (unpaired) electrons. The Hall–Kier alpha value is -4.04. The van der Waals surface area contributed by atoms with Crippen molar-refractivity contribution < 1.29 is 13.9 Å². The van der Waals surface area contributed by atoms with Gasteiger partial charge in [0.25, 0.3) is 5.91 Å². The molecule has 0 saturated carbocycles. The molecule has 3 heterocycles. The Morgan fingerprint density at radius 1 is 1.03 bits per heavy atom. The molecule has 7 nitrogen and oxygen atoms in total. The highest BCUT2D eigenvalue weighted by Gasteiger charge is 2.34. The lowest BCUT2D eigenvalue weighted by molar-refractivity contribution is -0.134. The molecule has 194 valence electrons. The van der Waals surface area contributed by atoms with Crippen molar-refractivity contribution in [3.05, 3.63) is 95.6 Å². The molecular weight excluding hydrogens is 481 g/mol. The average Bonchev–Trinajstić information content (AvgIpc) is 3.59. The summed E-state index contributed by atoms with van der Waals surface area (Å²) in [5.41, 5.74) is 4.70. The Kier molecular flexibility index (Phi) is 6.64. The van der Waals surface area contributed by atoms with E-state index in [1.165, 1.54) is 12.1 Å². The van der Waals surface area contributed by atoms with Crippen LogP contribution in [0.1, 0.15) is 48.2 Å². The zero-order valence-corrected chi connectivity index (χ0v) is 21.3. The third-order valence-electron chi connectivity index (χ3n) is 7.58. The minimum atomic E-state index is -0.298. The first-order chi connectivity index (χ1) is 18.6. The number of piperidine rings is 1. The first kappa shape index (κ1) is 24.3. The van der Waals surface area contributed by atoms with Crippen LogP contribution in [0.4, 0.5) is 4.39 Å². The number of hydrazone groups is 1. The van der Waals surface area contributed by atoms with E-state index in [1.54, 1.807) is 24.3 Å². The van der Waals surface area contributed by atoms with Gasteiger partial charge in [-0.15, -0.1) is 0 Å². The van der Waals surface area contributed by atoms with Crippen molar-refractivity contribution in [2.45, 2.75) is 31.2 Å². The molecule has 1 saturated heterocycles. The van der Waals surface area contributed by atoms with Crippen LogP contribution < -0.4 is 4.74 Å². The van der Waals surface area contributed by atoms with Gasteiger partial charge < -0.3 is 9.72 Å². The number of ether oxygens (including phenoxy) is 1. The van der Waals surface area contributed by atoms with Crippen molar-refractivity contribution >= 4 is 22.7 Å². The van der Waals surface area contributed by atoms with E-state index in [0.29, 0.717) is 18.9 Å².